The molecule has 1 aliphatic rings. The molecule has 0 unspecified atom stereocenters. The Labute approximate surface area is 120 Å². The van der Waals surface area contributed by atoms with Gasteiger partial charge < -0.3 is 5.73 Å². The van der Waals surface area contributed by atoms with Crippen molar-refractivity contribution in [1.82, 2.24) is 0 Å². The third-order valence-corrected chi connectivity index (χ3v) is 4.01. The summed E-state index contributed by atoms with van der Waals surface area (Å²) in [6.45, 7) is 0. The zero-order valence-corrected chi connectivity index (χ0v) is 12.0. The SMILES string of the molecule is Nc1c2cccc1C(=O)CCCCCCCCCC2=O. The molecule has 2 rings (SSSR count). The Balaban J connectivity index is 2.23. The van der Waals surface area contributed by atoms with E-state index in [0.29, 0.717) is 29.7 Å². The number of carbonyl (C=O) groups is 2. The second-order valence-electron chi connectivity index (χ2n) is 5.59. The standard InChI is InChI=1S/C17H23NO2/c18-17-13-9-8-10-14(17)16(20)12-7-5-3-1-2-4-6-11-15(13)19/h8-10H,1-7,11-12,18H2. The zero-order valence-electron chi connectivity index (χ0n) is 12.0. The molecule has 0 spiro atoms. The van der Waals surface area contributed by atoms with Gasteiger partial charge in [0, 0.05) is 24.0 Å². The number of para-hydroxylation sites is 1. The fraction of sp³-hybridized carbons (Fsp3) is 0.529. The lowest BCUT2D eigenvalue weighted by Gasteiger charge is -2.11. The Morgan fingerprint density at radius 1 is 0.700 bits per heavy atom. The number of nitrogens with two attached hydrogens (primary N) is 1. The number of nitrogen functional groups attached to an aromatic ring is 1. The van der Waals surface area contributed by atoms with Crippen molar-refractivity contribution in [3.8, 4) is 0 Å². The van der Waals surface area contributed by atoms with Crippen LogP contribution >= 0.6 is 0 Å². The number of anilines is 1. The summed E-state index contributed by atoms with van der Waals surface area (Å²) in [7, 11) is 0. The maximum atomic E-state index is 12.2. The smallest absolute Gasteiger partial charge is 0.164 e. The molecule has 3 heteroatoms. The number of Topliss-reactive ketones (excluding diaryl/α,β-unsaturated/α-hetero) is 2. The number of hydrogen-bond acceptors (Lipinski definition) is 3. The number of hydrogen-bond donors (Lipinski definition) is 1. The van der Waals surface area contributed by atoms with Crippen molar-refractivity contribution in [3.63, 3.8) is 0 Å². The van der Waals surface area contributed by atoms with Gasteiger partial charge in [0.1, 0.15) is 0 Å². The highest BCUT2D eigenvalue weighted by atomic mass is 16.1. The van der Waals surface area contributed by atoms with Gasteiger partial charge in [-0.15, -0.1) is 0 Å². The largest absolute Gasteiger partial charge is 0.398 e. The molecule has 0 radical (unpaired) electrons. The quantitative estimate of drug-likeness (QED) is 0.722. The van der Waals surface area contributed by atoms with Crippen LogP contribution in [0, 0.1) is 0 Å². The van der Waals surface area contributed by atoms with Crippen LogP contribution in [0.15, 0.2) is 18.2 Å². The summed E-state index contributed by atoms with van der Waals surface area (Å²) >= 11 is 0. The van der Waals surface area contributed by atoms with E-state index in [1.807, 2.05) is 0 Å². The second-order valence-corrected chi connectivity index (χ2v) is 5.59. The first-order chi connectivity index (χ1) is 9.70. The molecular weight excluding hydrogens is 250 g/mol. The first-order valence-corrected chi connectivity index (χ1v) is 7.65. The van der Waals surface area contributed by atoms with Crippen LogP contribution < -0.4 is 5.73 Å². The molecule has 2 bridgehead atoms. The van der Waals surface area contributed by atoms with Crippen LogP contribution in [-0.2, 0) is 0 Å². The second kappa shape index (κ2) is 7.22. The van der Waals surface area contributed by atoms with Crippen LogP contribution in [0.4, 0.5) is 5.69 Å². The monoisotopic (exact) mass is 273 g/mol. The third-order valence-electron chi connectivity index (χ3n) is 4.01. The summed E-state index contributed by atoms with van der Waals surface area (Å²) in [5, 5.41) is 0. The van der Waals surface area contributed by atoms with Crippen molar-refractivity contribution in [1.29, 1.82) is 0 Å². The molecule has 1 aromatic carbocycles. The van der Waals surface area contributed by atoms with Gasteiger partial charge in [-0.25, -0.2) is 0 Å². The highest BCUT2D eigenvalue weighted by Gasteiger charge is 2.16. The molecular formula is C17H23NO2. The predicted octanol–water partition coefficient (Wildman–Crippen LogP) is 4.16. The Kier molecular flexibility index (Phi) is 5.33. The summed E-state index contributed by atoms with van der Waals surface area (Å²) in [6.07, 6.45) is 8.65. The van der Waals surface area contributed by atoms with Crippen molar-refractivity contribution in [2.75, 3.05) is 5.73 Å². The molecule has 3 nitrogen and oxygen atoms in total. The van der Waals surface area contributed by atoms with Gasteiger partial charge in [-0.05, 0) is 25.0 Å². The number of ketones is 2. The van der Waals surface area contributed by atoms with Gasteiger partial charge in [0.25, 0.3) is 0 Å². The topological polar surface area (TPSA) is 60.2 Å². The molecule has 1 aromatic rings. The van der Waals surface area contributed by atoms with Gasteiger partial charge in [0.05, 0.1) is 5.69 Å². The highest BCUT2D eigenvalue weighted by molar-refractivity contribution is 6.08. The van der Waals surface area contributed by atoms with Crippen LogP contribution in [-0.4, -0.2) is 11.6 Å². The molecule has 0 aromatic heterocycles. The zero-order chi connectivity index (χ0) is 14.4. The van der Waals surface area contributed by atoms with Crippen LogP contribution in [0.5, 0.6) is 0 Å². The minimum Gasteiger partial charge on any atom is -0.398 e. The summed E-state index contributed by atoms with van der Waals surface area (Å²) in [4.78, 5) is 24.4. The number of rotatable bonds is 0. The molecule has 108 valence electrons. The maximum absolute atomic E-state index is 12.2. The van der Waals surface area contributed by atoms with Crippen molar-refractivity contribution < 1.29 is 9.59 Å². The Morgan fingerprint density at radius 3 is 1.55 bits per heavy atom. The lowest BCUT2D eigenvalue weighted by Crippen LogP contribution is -2.10. The summed E-state index contributed by atoms with van der Waals surface area (Å²) in [5.74, 6) is 0.128. The van der Waals surface area contributed by atoms with Crippen LogP contribution in [0.1, 0.15) is 78.5 Å². The van der Waals surface area contributed by atoms with Gasteiger partial charge >= 0.3 is 0 Å². The van der Waals surface area contributed by atoms with E-state index in [-0.39, 0.29) is 11.6 Å². The first kappa shape index (κ1) is 14.8. The van der Waals surface area contributed by atoms with Gasteiger partial charge in [0.2, 0.25) is 0 Å². The third kappa shape index (κ3) is 3.69. The first-order valence-electron chi connectivity index (χ1n) is 7.65. The van der Waals surface area contributed by atoms with Gasteiger partial charge in [-0.1, -0.05) is 38.2 Å². The average Bonchev–Trinajstić information content (AvgIpc) is 2.44. The molecule has 0 saturated carbocycles. The van der Waals surface area contributed by atoms with E-state index < -0.39 is 0 Å². The van der Waals surface area contributed by atoms with Crippen molar-refractivity contribution >= 4 is 17.3 Å². The molecule has 2 N–H and O–H groups in total. The van der Waals surface area contributed by atoms with E-state index in [9.17, 15) is 9.59 Å². The van der Waals surface area contributed by atoms with Crippen LogP contribution in [0.25, 0.3) is 0 Å². The van der Waals surface area contributed by atoms with Crippen LogP contribution in [0.3, 0.4) is 0 Å². The van der Waals surface area contributed by atoms with E-state index in [1.54, 1.807) is 18.2 Å². The summed E-state index contributed by atoms with van der Waals surface area (Å²) in [5.41, 5.74) is 7.45. The molecule has 0 fully saturated rings. The average molecular weight is 273 g/mol. The predicted molar refractivity (Wildman–Crippen MR) is 81.1 cm³/mol. The number of carbonyl (C=O) groups excluding carboxylic acids is 2. The molecule has 0 heterocycles. The minimum atomic E-state index is 0.0641. The van der Waals surface area contributed by atoms with Crippen molar-refractivity contribution in [2.24, 2.45) is 0 Å². The Bertz CT molecular complexity index is 454. The van der Waals surface area contributed by atoms with Gasteiger partial charge in [0.15, 0.2) is 11.6 Å². The fourth-order valence-corrected chi connectivity index (χ4v) is 2.78. The summed E-state index contributed by atoms with van der Waals surface area (Å²) in [6, 6.07) is 5.24. The van der Waals surface area contributed by atoms with Gasteiger partial charge in [-0.3, -0.25) is 9.59 Å². The Morgan fingerprint density at radius 2 is 1.10 bits per heavy atom. The Hall–Kier alpha value is -1.64. The van der Waals surface area contributed by atoms with E-state index in [4.69, 9.17) is 5.73 Å². The molecule has 0 atom stereocenters. The van der Waals surface area contributed by atoms with E-state index in [1.165, 1.54) is 19.3 Å². The lowest BCUT2D eigenvalue weighted by atomic mass is 9.95. The van der Waals surface area contributed by atoms with Crippen molar-refractivity contribution in [3.05, 3.63) is 29.3 Å². The van der Waals surface area contributed by atoms with Crippen LogP contribution in [0.2, 0.25) is 0 Å². The highest BCUT2D eigenvalue weighted by Crippen LogP contribution is 2.23. The summed E-state index contributed by atoms with van der Waals surface area (Å²) < 4.78 is 0. The molecule has 1 aliphatic carbocycles. The molecule has 20 heavy (non-hydrogen) atoms. The van der Waals surface area contributed by atoms with Crippen molar-refractivity contribution in [2.45, 2.75) is 57.8 Å². The van der Waals surface area contributed by atoms with E-state index in [0.717, 1.165) is 25.7 Å². The molecule has 0 saturated heterocycles. The molecule has 0 amide bonds. The number of fused-ring (bicyclic) bond motifs is 2. The number of benzene rings is 1. The lowest BCUT2D eigenvalue weighted by molar-refractivity contribution is 0.0979. The maximum Gasteiger partial charge on any atom is 0.164 e. The van der Waals surface area contributed by atoms with Gasteiger partial charge in [-0.2, -0.15) is 0 Å². The fourth-order valence-electron chi connectivity index (χ4n) is 2.78. The minimum absolute atomic E-state index is 0.0641. The normalized spacial score (nSPS) is 18.6. The van der Waals surface area contributed by atoms with E-state index >= 15 is 0 Å². The molecule has 0 aliphatic heterocycles. The van der Waals surface area contributed by atoms with E-state index in [2.05, 4.69) is 0 Å².